The summed E-state index contributed by atoms with van der Waals surface area (Å²) >= 11 is 0. The summed E-state index contributed by atoms with van der Waals surface area (Å²) in [6, 6.07) is 0. The molecule has 3 aliphatic rings. The van der Waals surface area contributed by atoms with E-state index in [0.29, 0.717) is 18.9 Å². The highest BCUT2D eigenvalue weighted by Crippen LogP contribution is 2.61. The number of esters is 1. The average molecular weight is 195 g/mol. The number of ether oxygens (including phenoxy) is 1. The van der Waals surface area contributed by atoms with E-state index in [2.05, 4.69) is 0 Å². The van der Waals surface area contributed by atoms with E-state index in [1.165, 1.54) is 25.7 Å². The van der Waals surface area contributed by atoms with Gasteiger partial charge < -0.3 is 10.5 Å². The lowest BCUT2D eigenvalue weighted by molar-refractivity contribution is -0.141. The van der Waals surface area contributed by atoms with Crippen molar-refractivity contribution >= 4 is 5.97 Å². The monoisotopic (exact) mass is 195 g/mol. The first-order valence-corrected chi connectivity index (χ1v) is 5.64. The second kappa shape index (κ2) is 2.72. The van der Waals surface area contributed by atoms with Crippen LogP contribution < -0.4 is 5.73 Å². The molecule has 2 bridgehead atoms. The normalized spacial score (nSPS) is 50.4. The lowest BCUT2D eigenvalue weighted by Crippen LogP contribution is -2.40. The van der Waals surface area contributed by atoms with Crippen molar-refractivity contribution in [1.29, 1.82) is 0 Å². The molecule has 0 amide bonds. The maximum Gasteiger partial charge on any atom is 0.306 e. The van der Waals surface area contributed by atoms with Gasteiger partial charge in [-0.1, -0.05) is 6.42 Å². The second-order valence-corrected chi connectivity index (χ2v) is 5.20. The average Bonchev–Trinajstić information content (AvgIpc) is 2.80. The molecule has 0 aromatic rings. The zero-order valence-electron chi connectivity index (χ0n) is 8.37. The van der Waals surface area contributed by atoms with Crippen LogP contribution in [0.1, 0.15) is 32.1 Å². The van der Waals surface area contributed by atoms with Gasteiger partial charge in [0.2, 0.25) is 0 Å². The first-order chi connectivity index (χ1) is 6.74. The standard InChI is InChI=1S/C11H17NO2/c12-6-9-11(5-10(13)14-9)4-7-1-2-8(11)3-7/h7-9H,1-6,12H2. The topological polar surface area (TPSA) is 52.3 Å². The molecule has 1 saturated heterocycles. The summed E-state index contributed by atoms with van der Waals surface area (Å²) in [4.78, 5) is 11.4. The predicted octanol–water partition coefficient (Wildman–Crippen LogP) is 1.07. The van der Waals surface area contributed by atoms with E-state index in [1.807, 2.05) is 0 Å². The van der Waals surface area contributed by atoms with Gasteiger partial charge in [-0.25, -0.2) is 0 Å². The van der Waals surface area contributed by atoms with Crippen LogP contribution in [-0.2, 0) is 9.53 Å². The fraction of sp³-hybridized carbons (Fsp3) is 0.909. The highest BCUT2D eigenvalue weighted by atomic mass is 16.6. The van der Waals surface area contributed by atoms with E-state index in [4.69, 9.17) is 10.5 Å². The quantitative estimate of drug-likeness (QED) is 0.637. The molecule has 3 heteroatoms. The molecule has 2 saturated carbocycles. The van der Waals surface area contributed by atoms with Crippen molar-refractivity contribution < 1.29 is 9.53 Å². The van der Waals surface area contributed by atoms with Gasteiger partial charge in [0.15, 0.2) is 0 Å². The third-order valence-electron chi connectivity index (χ3n) is 4.63. The number of hydrogen-bond donors (Lipinski definition) is 1. The minimum atomic E-state index is -0.0204. The smallest absolute Gasteiger partial charge is 0.306 e. The van der Waals surface area contributed by atoms with E-state index >= 15 is 0 Å². The third-order valence-corrected chi connectivity index (χ3v) is 4.63. The van der Waals surface area contributed by atoms with Crippen LogP contribution in [0.3, 0.4) is 0 Å². The summed E-state index contributed by atoms with van der Waals surface area (Å²) in [5.41, 5.74) is 5.85. The molecule has 14 heavy (non-hydrogen) atoms. The van der Waals surface area contributed by atoms with Crippen LogP contribution in [0, 0.1) is 17.3 Å². The Morgan fingerprint density at radius 2 is 2.36 bits per heavy atom. The molecule has 2 N–H and O–H groups in total. The molecule has 3 fully saturated rings. The van der Waals surface area contributed by atoms with Crippen LogP contribution in [0.25, 0.3) is 0 Å². The van der Waals surface area contributed by atoms with Crippen LogP contribution >= 0.6 is 0 Å². The van der Waals surface area contributed by atoms with Crippen LogP contribution in [-0.4, -0.2) is 18.6 Å². The number of carbonyl (C=O) groups excluding carboxylic acids is 1. The lowest BCUT2D eigenvalue weighted by atomic mass is 9.68. The molecule has 3 rings (SSSR count). The van der Waals surface area contributed by atoms with E-state index < -0.39 is 0 Å². The van der Waals surface area contributed by atoms with Crippen molar-refractivity contribution in [1.82, 2.24) is 0 Å². The maximum atomic E-state index is 11.4. The molecule has 4 atom stereocenters. The highest BCUT2D eigenvalue weighted by molar-refractivity contribution is 5.73. The molecule has 0 radical (unpaired) electrons. The van der Waals surface area contributed by atoms with Crippen molar-refractivity contribution in [2.45, 2.75) is 38.2 Å². The highest BCUT2D eigenvalue weighted by Gasteiger charge is 2.59. The molecule has 4 unspecified atom stereocenters. The molecule has 1 aliphatic heterocycles. The summed E-state index contributed by atoms with van der Waals surface area (Å²) in [5, 5.41) is 0. The van der Waals surface area contributed by atoms with Gasteiger partial charge in [0.1, 0.15) is 6.10 Å². The van der Waals surface area contributed by atoms with Crippen LogP contribution in [0.2, 0.25) is 0 Å². The zero-order valence-corrected chi connectivity index (χ0v) is 8.37. The van der Waals surface area contributed by atoms with Gasteiger partial charge in [-0.3, -0.25) is 4.79 Å². The fourth-order valence-corrected chi connectivity index (χ4v) is 4.08. The number of cyclic esters (lactones) is 1. The van der Waals surface area contributed by atoms with Crippen molar-refractivity contribution in [2.75, 3.05) is 6.54 Å². The van der Waals surface area contributed by atoms with Crippen LogP contribution in [0.4, 0.5) is 0 Å². The third kappa shape index (κ3) is 0.937. The van der Waals surface area contributed by atoms with E-state index in [9.17, 15) is 4.79 Å². The Hall–Kier alpha value is -0.570. The van der Waals surface area contributed by atoms with Gasteiger partial charge in [0.05, 0.1) is 6.42 Å². The Balaban J connectivity index is 1.91. The van der Waals surface area contributed by atoms with Crippen LogP contribution in [0.15, 0.2) is 0 Å². The Bertz CT molecular complexity index is 278. The van der Waals surface area contributed by atoms with Gasteiger partial charge in [-0.2, -0.15) is 0 Å². The van der Waals surface area contributed by atoms with E-state index in [1.54, 1.807) is 0 Å². The molecule has 1 spiro atoms. The zero-order chi connectivity index (χ0) is 9.76. The van der Waals surface area contributed by atoms with E-state index in [-0.39, 0.29) is 17.5 Å². The molecule has 0 aromatic carbocycles. The Morgan fingerprint density at radius 1 is 1.50 bits per heavy atom. The molecule has 1 heterocycles. The predicted molar refractivity (Wildman–Crippen MR) is 51.4 cm³/mol. The largest absolute Gasteiger partial charge is 0.460 e. The summed E-state index contributed by atoms with van der Waals surface area (Å²) in [6.07, 6.45) is 5.80. The first kappa shape index (κ1) is 8.72. The Labute approximate surface area is 84.0 Å². The molecule has 0 aromatic heterocycles. The summed E-state index contributed by atoms with van der Waals surface area (Å²) in [7, 11) is 0. The van der Waals surface area contributed by atoms with Crippen molar-refractivity contribution in [3.05, 3.63) is 0 Å². The molecular weight excluding hydrogens is 178 g/mol. The lowest BCUT2D eigenvalue weighted by Gasteiger charge is -2.35. The van der Waals surface area contributed by atoms with Gasteiger partial charge in [-0.05, 0) is 31.1 Å². The second-order valence-electron chi connectivity index (χ2n) is 5.20. The minimum Gasteiger partial charge on any atom is -0.460 e. The molecule has 3 nitrogen and oxygen atoms in total. The number of rotatable bonds is 1. The summed E-state index contributed by atoms with van der Waals surface area (Å²) < 4.78 is 5.34. The molecule has 78 valence electrons. The van der Waals surface area contributed by atoms with Crippen molar-refractivity contribution in [2.24, 2.45) is 23.0 Å². The van der Waals surface area contributed by atoms with Gasteiger partial charge >= 0.3 is 5.97 Å². The van der Waals surface area contributed by atoms with E-state index in [0.717, 1.165) is 5.92 Å². The van der Waals surface area contributed by atoms with Gasteiger partial charge in [0, 0.05) is 12.0 Å². The van der Waals surface area contributed by atoms with Gasteiger partial charge in [-0.15, -0.1) is 0 Å². The van der Waals surface area contributed by atoms with Crippen LogP contribution in [0.5, 0.6) is 0 Å². The summed E-state index contributed by atoms with van der Waals surface area (Å²) in [6.45, 7) is 0.509. The Morgan fingerprint density at radius 3 is 2.93 bits per heavy atom. The minimum absolute atomic E-state index is 0.0188. The number of nitrogens with two attached hydrogens (primary N) is 1. The summed E-state index contributed by atoms with van der Waals surface area (Å²) in [5.74, 6) is 1.55. The Kier molecular flexibility index (Phi) is 1.69. The van der Waals surface area contributed by atoms with Crippen molar-refractivity contribution in [3.63, 3.8) is 0 Å². The molecular formula is C11H17NO2. The fourth-order valence-electron chi connectivity index (χ4n) is 4.08. The molecule has 2 aliphatic carbocycles. The number of fused-ring (bicyclic) bond motifs is 3. The first-order valence-electron chi connectivity index (χ1n) is 5.64. The number of carbonyl (C=O) groups is 1. The maximum absolute atomic E-state index is 11.4. The van der Waals surface area contributed by atoms with Gasteiger partial charge in [0.25, 0.3) is 0 Å². The van der Waals surface area contributed by atoms with Crippen molar-refractivity contribution in [3.8, 4) is 0 Å². The number of hydrogen-bond acceptors (Lipinski definition) is 3. The SMILES string of the molecule is NCC1OC(=O)CC12CC1CCC2C1.